The molecule has 0 spiro atoms. The molecule has 0 aliphatic carbocycles. The van der Waals surface area contributed by atoms with Gasteiger partial charge in [0.05, 0.1) is 23.4 Å². The number of alkyl halides is 3. The van der Waals surface area contributed by atoms with Gasteiger partial charge in [0.2, 0.25) is 0 Å². The van der Waals surface area contributed by atoms with E-state index in [0.29, 0.717) is 5.56 Å². The molecule has 1 N–H and O–H groups in total. The highest BCUT2D eigenvalue weighted by Crippen LogP contribution is 2.31. The molecule has 0 aliphatic rings. The van der Waals surface area contributed by atoms with Crippen LogP contribution in [0.1, 0.15) is 28.5 Å². The van der Waals surface area contributed by atoms with Crippen LogP contribution in [0.15, 0.2) is 24.5 Å². The maximum Gasteiger partial charge on any atom is 0.418 e. The van der Waals surface area contributed by atoms with Gasteiger partial charge in [0, 0.05) is 19.4 Å². The van der Waals surface area contributed by atoms with Crippen molar-refractivity contribution in [1.82, 2.24) is 14.8 Å². The number of aromatic nitrogens is 3. The van der Waals surface area contributed by atoms with Crippen LogP contribution >= 0.6 is 0 Å². The van der Waals surface area contributed by atoms with E-state index in [4.69, 9.17) is 0 Å². The lowest BCUT2D eigenvalue weighted by Gasteiger charge is -2.12. The standard InChI is InChI=1S/C13H13F3N4O/c1-8(21)9-7-20(2)19-12(9)18-6-11-10(13(14,15)16)4-3-5-17-11/h3-5,7H,6H2,1-2H3,(H,18,19). The molecule has 112 valence electrons. The molecule has 0 fully saturated rings. The van der Waals surface area contributed by atoms with Gasteiger partial charge in [-0.25, -0.2) is 0 Å². The van der Waals surface area contributed by atoms with Crippen LogP contribution in [-0.2, 0) is 19.8 Å². The number of hydrogen-bond donors (Lipinski definition) is 1. The molecule has 5 nitrogen and oxygen atoms in total. The molecule has 2 heterocycles. The lowest BCUT2D eigenvalue weighted by Crippen LogP contribution is -2.14. The van der Waals surface area contributed by atoms with Crippen molar-refractivity contribution in [1.29, 1.82) is 0 Å². The zero-order valence-corrected chi connectivity index (χ0v) is 11.4. The Bertz CT molecular complexity index is 664. The van der Waals surface area contributed by atoms with Crippen LogP contribution in [-0.4, -0.2) is 20.5 Å². The van der Waals surface area contributed by atoms with Crippen molar-refractivity contribution in [2.75, 3.05) is 5.32 Å². The second-order valence-corrected chi connectivity index (χ2v) is 4.47. The minimum Gasteiger partial charge on any atom is -0.362 e. The highest BCUT2D eigenvalue weighted by atomic mass is 19.4. The van der Waals surface area contributed by atoms with Crippen LogP contribution in [0.5, 0.6) is 0 Å². The number of ketones is 1. The van der Waals surface area contributed by atoms with Gasteiger partial charge in [-0.05, 0) is 19.1 Å². The molecule has 0 amide bonds. The molecule has 8 heteroatoms. The molecule has 0 radical (unpaired) electrons. The summed E-state index contributed by atoms with van der Waals surface area (Å²) in [6.45, 7) is 1.19. The SMILES string of the molecule is CC(=O)c1cn(C)nc1NCc1ncccc1C(F)(F)F. The number of carbonyl (C=O) groups is 1. The number of carbonyl (C=O) groups excluding carboxylic acids is 1. The minimum atomic E-state index is -4.47. The quantitative estimate of drug-likeness (QED) is 0.882. The van der Waals surface area contributed by atoms with Crippen LogP contribution in [0.2, 0.25) is 0 Å². The van der Waals surface area contributed by atoms with E-state index in [1.165, 1.54) is 30.1 Å². The van der Waals surface area contributed by atoms with Gasteiger partial charge >= 0.3 is 6.18 Å². The van der Waals surface area contributed by atoms with Crippen LogP contribution in [0.4, 0.5) is 19.0 Å². The Hall–Kier alpha value is -2.38. The molecule has 0 unspecified atom stereocenters. The number of anilines is 1. The van der Waals surface area contributed by atoms with E-state index in [1.807, 2.05) is 0 Å². The third kappa shape index (κ3) is 3.39. The van der Waals surface area contributed by atoms with Gasteiger partial charge in [0.15, 0.2) is 11.6 Å². The normalized spacial score (nSPS) is 11.5. The summed E-state index contributed by atoms with van der Waals surface area (Å²) in [5, 5.41) is 6.74. The highest BCUT2D eigenvalue weighted by molar-refractivity contribution is 5.98. The summed E-state index contributed by atoms with van der Waals surface area (Å²) in [5.74, 6) is 0.0199. The van der Waals surface area contributed by atoms with E-state index in [1.54, 1.807) is 7.05 Å². The fraction of sp³-hybridized carbons (Fsp3) is 0.308. The predicted octanol–water partition coefficient (Wildman–Crippen LogP) is 2.65. The summed E-state index contributed by atoms with van der Waals surface area (Å²) in [5.41, 5.74) is -0.634. The second kappa shape index (κ2) is 5.55. The zero-order valence-electron chi connectivity index (χ0n) is 11.4. The largest absolute Gasteiger partial charge is 0.418 e. The Kier molecular flexibility index (Phi) is 3.97. The van der Waals surface area contributed by atoms with Crippen molar-refractivity contribution in [3.63, 3.8) is 0 Å². The highest BCUT2D eigenvalue weighted by Gasteiger charge is 2.33. The van der Waals surface area contributed by atoms with E-state index in [-0.39, 0.29) is 23.8 Å². The average Bonchev–Trinajstić information content (AvgIpc) is 2.77. The van der Waals surface area contributed by atoms with Crippen molar-refractivity contribution >= 4 is 11.6 Å². The van der Waals surface area contributed by atoms with Gasteiger partial charge < -0.3 is 5.32 Å². The van der Waals surface area contributed by atoms with E-state index < -0.39 is 11.7 Å². The monoisotopic (exact) mass is 298 g/mol. The van der Waals surface area contributed by atoms with Gasteiger partial charge in [-0.1, -0.05) is 0 Å². The number of rotatable bonds is 4. The Morgan fingerprint density at radius 1 is 1.43 bits per heavy atom. The summed E-state index contributed by atoms with van der Waals surface area (Å²) < 4.78 is 40.0. The minimum absolute atomic E-state index is 0.148. The van der Waals surface area contributed by atoms with Crippen LogP contribution in [0, 0.1) is 0 Å². The van der Waals surface area contributed by atoms with Gasteiger partial charge in [0.1, 0.15) is 0 Å². The fourth-order valence-electron chi connectivity index (χ4n) is 1.88. The summed E-state index contributed by atoms with van der Waals surface area (Å²) in [4.78, 5) is 15.2. The maximum atomic E-state index is 12.8. The van der Waals surface area contributed by atoms with Gasteiger partial charge in [-0.3, -0.25) is 14.5 Å². The zero-order chi connectivity index (χ0) is 15.6. The molecular weight excluding hydrogens is 285 g/mol. The van der Waals surface area contributed by atoms with Gasteiger partial charge in [0.25, 0.3) is 0 Å². The lowest BCUT2D eigenvalue weighted by molar-refractivity contribution is -0.138. The summed E-state index contributed by atoms with van der Waals surface area (Å²) in [6.07, 6.45) is -1.68. The van der Waals surface area contributed by atoms with Gasteiger partial charge in [-0.15, -0.1) is 0 Å². The topological polar surface area (TPSA) is 59.8 Å². The number of nitrogens with zero attached hydrogens (tertiary/aromatic N) is 3. The Labute approximate surface area is 118 Å². The van der Waals surface area contributed by atoms with Crippen molar-refractivity contribution in [2.45, 2.75) is 19.6 Å². The number of hydrogen-bond acceptors (Lipinski definition) is 4. The smallest absolute Gasteiger partial charge is 0.362 e. The average molecular weight is 298 g/mol. The maximum absolute atomic E-state index is 12.8. The molecular formula is C13H13F3N4O. The molecule has 2 aromatic rings. The van der Waals surface area contributed by atoms with E-state index in [9.17, 15) is 18.0 Å². The number of Topliss-reactive ketones (excluding diaryl/α,β-unsaturated/α-hetero) is 1. The molecule has 0 saturated carbocycles. The van der Waals surface area contributed by atoms with Crippen molar-refractivity contribution in [3.05, 3.63) is 41.3 Å². The fourth-order valence-corrected chi connectivity index (χ4v) is 1.88. The Morgan fingerprint density at radius 2 is 2.14 bits per heavy atom. The molecule has 2 aromatic heterocycles. The molecule has 0 bridgehead atoms. The van der Waals surface area contributed by atoms with E-state index in [0.717, 1.165) is 6.07 Å². The first-order chi connectivity index (χ1) is 9.79. The van der Waals surface area contributed by atoms with E-state index >= 15 is 0 Å². The summed E-state index contributed by atoms with van der Waals surface area (Å²) in [7, 11) is 1.62. The molecule has 2 rings (SSSR count). The second-order valence-electron chi connectivity index (χ2n) is 4.47. The van der Waals surface area contributed by atoms with Crippen molar-refractivity contribution in [3.8, 4) is 0 Å². The Morgan fingerprint density at radius 3 is 2.76 bits per heavy atom. The first kappa shape index (κ1) is 15.0. The number of aryl methyl sites for hydroxylation is 1. The lowest BCUT2D eigenvalue weighted by atomic mass is 10.2. The number of nitrogens with one attached hydrogen (secondary N) is 1. The predicted molar refractivity (Wildman–Crippen MR) is 69.8 cm³/mol. The number of halogens is 3. The van der Waals surface area contributed by atoms with Crippen LogP contribution in [0.3, 0.4) is 0 Å². The van der Waals surface area contributed by atoms with Gasteiger partial charge in [-0.2, -0.15) is 18.3 Å². The molecule has 0 aromatic carbocycles. The third-order valence-electron chi connectivity index (χ3n) is 2.83. The number of pyridine rings is 1. The van der Waals surface area contributed by atoms with Crippen LogP contribution in [0.25, 0.3) is 0 Å². The van der Waals surface area contributed by atoms with Crippen LogP contribution < -0.4 is 5.32 Å². The summed E-state index contributed by atoms with van der Waals surface area (Å²) in [6, 6.07) is 2.20. The van der Waals surface area contributed by atoms with Crippen molar-refractivity contribution < 1.29 is 18.0 Å². The first-order valence-electron chi connectivity index (χ1n) is 6.08. The Balaban J connectivity index is 2.24. The van der Waals surface area contributed by atoms with E-state index in [2.05, 4.69) is 15.4 Å². The molecule has 21 heavy (non-hydrogen) atoms. The summed E-state index contributed by atoms with van der Waals surface area (Å²) >= 11 is 0. The third-order valence-corrected chi connectivity index (χ3v) is 2.83. The van der Waals surface area contributed by atoms with Crippen molar-refractivity contribution in [2.24, 2.45) is 7.05 Å². The molecule has 0 aliphatic heterocycles. The first-order valence-corrected chi connectivity index (χ1v) is 6.08. The molecule has 0 saturated heterocycles. The molecule has 0 atom stereocenters.